The van der Waals surface area contributed by atoms with E-state index in [9.17, 15) is 4.79 Å². The number of amidine groups is 1. The molecule has 8 nitrogen and oxygen atoms in total. The van der Waals surface area contributed by atoms with Crippen molar-refractivity contribution >= 4 is 51.4 Å². The molecule has 1 unspecified atom stereocenters. The Morgan fingerprint density at radius 2 is 1.75 bits per heavy atom. The van der Waals surface area contributed by atoms with Crippen molar-refractivity contribution in [3.05, 3.63) is 75.9 Å². The molecule has 2 N–H and O–H groups in total. The fourth-order valence-electron chi connectivity index (χ4n) is 5.24. The number of para-hydroxylation sites is 2. The predicted octanol–water partition coefficient (Wildman–Crippen LogP) is 4.98. The largest absolute Gasteiger partial charge is 0.492 e. The molecular weight excluding hydrogens is 617 g/mol. The van der Waals surface area contributed by atoms with Gasteiger partial charge in [-0.2, -0.15) is 0 Å². The Labute approximate surface area is 249 Å². The fourth-order valence-corrected chi connectivity index (χ4v) is 5.60. The molecule has 1 saturated heterocycles. The van der Waals surface area contributed by atoms with Gasteiger partial charge < -0.3 is 25.0 Å². The quantitative estimate of drug-likeness (QED) is 0.273. The second kappa shape index (κ2) is 12.9. The highest BCUT2D eigenvalue weighted by atomic mass is 127. The van der Waals surface area contributed by atoms with E-state index in [4.69, 9.17) is 20.2 Å². The van der Waals surface area contributed by atoms with Crippen LogP contribution >= 0.6 is 22.6 Å². The van der Waals surface area contributed by atoms with Crippen LogP contribution in [0.5, 0.6) is 11.5 Å². The maximum atomic E-state index is 12.9. The molecule has 1 amide bonds. The van der Waals surface area contributed by atoms with Gasteiger partial charge in [-0.25, -0.2) is 4.99 Å². The summed E-state index contributed by atoms with van der Waals surface area (Å²) in [5.74, 6) is 2.52. The Bertz CT molecular complexity index is 1360. The van der Waals surface area contributed by atoms with E-state index in [-0.39, 0.29) is 18.6 Å². The van der Waals surface area contributed by atoms with Crippen LogP contribution in [0.25, 0.3) is 0 Å². The summed E-state index contributed by atoms with van der Waals surface area (Å²) >= 11 is 2.25. The molecule has 3 aromatic rings. The summed E-state index contributed by atoms with van der Waals surface area (Å²) in [6.07, 6.45) is 0.846. The highest BCUT2D eigenvalue weighted by Gasteiger charge is 2.32. The van der Waals surface area contributed by atoms with E-state index in [1.807, 2.05) is 66.4 Å². The molecule has 5 rings (SSSR count). The van der Waals surface area contributed by atoms with E-state index in [0.29, 0.717) is 31.1 Å². The number of aliphatic imine (C=N–C) groups is 1. The van der Waals surface area contributed by atoms with Gasteiger partial charge in [0.1, 0.15) is 17.3 Å². The zero-order chi connectivity index (χ0) is 28.1. The fraction of sp³-hybridized carbons (Fsp3) is 0.355. The maximum absolute atomic E-state index is 12.9. The van der Waals surface area contributed by atoms with Crippen molar-refractivity contribution in [3.63, 3.8) is 0 Å². The average molecular weight is 654 g/mol. The van der Waals surface area contributed by atoms with Gasteiger partial charge in [0.2, 0.25) is 0 Å². The summed E-state index contributed by atoms with van der Waals surface area (Å²) in [7, 11) is 0. The van der Waals surface area contributed by atoms with Gasteiger partial charge in [-0.05, 0) is 97.0 Å². The number of rotatable bonds is 8. The van der Waals surface area contributed by atoms with Gasteiger partial charge in [-0.1, -0.05) is 18.2 Å². The van der Waals surface area contributed by atoms with Crippen molar-refractivity contribution in [1.29, 1.82) is 0 Å². The second-order valence-corrected chi connectivity index (χ2v) is 11.2. The van der Waals surface area contributed by atoms with Gasteiger partial charge in [0.15, 0.2) is 6.61 Å². The number of halogens is 1. The van der Waals surface area contributed by atoms with E-state index in [1.54, 1.807) is 0 Å². The van der Waals surface area contributed by atoms with Crippen LogP contribution in [0.15, 0.2) is 71.7 Å². The monoisotopic (exact) mass is 653 g/mol. The van der Waals surface area contributed by atoms with Crippen LogP contribution in [0, 0.1) is 3.57 Å². The van der Waals surface area contributed by atoms with E-state index < -0.39 is 0 Å². The normalized spacial score (nSPS) is 16.5. The van der Waals surface area contributed by atoms with Gasteiger partial charge in [0.25, 0.3) is 5.91 Å². The van der Waals surface area contributed by atoms with E-state index >= 15 is 0 Å². The Morgan fingerprint density at radius 1 is 1.00 bits per heavy atom. The molecule has 210 valence electrons. The van der Waals surface area contributed by atoms with Crippen molar-refractivity contribution in [2.75, 3.05) is 56.6 Å². The standard InChI is InChI=1S/C31H36IN5O3/c1-3-39-29-7-5-4-6-28(29)37-15-14-23-8-11-25(33)20-27(23)34-31(37)22(2)35-16-18-36(19-17-35)30(38)21-40-26-12-9-24(32)10-13-26/h4-13,20,22H,3,14-19,21,33H2,1-2H3. The van der Waals surface area contributed by atoms with Crippen molar-refractivity contribution in [2.45, 2.75) is 26.3 Å². The van der Waals surface area contributed by atoms with Gasteiger partial charge in [0, 0.05) is 42.0 Å². The number of benzene rings is 3. The van der Waals surface area contributed by atoms with Crippen LogP contribution in [0.4, 0.5) is 17.1 Å². The first-order valence-electron chi connectivity index (χ1n) is 13.8. The lowest BCUT2D eigenvalue weighted by Crippen LogP contribution is -2.56. The van der Waals surface area contributed by atoms with Crippen LogP contribution in [0.3, 0.4) is 0 Å². The summed E-state index contributed by atoms with van der Waals surface area (Å²) < 4.78 is 12.9. The molecule has 2 aliphatic heterocycles. The van der Waals surface area contributed by atoms with E-state index in [2.05, 4.69) is 51.4 Å². The Balaban J connectivity index is 1.32. The summed E-state index contributed by atoms with van der Waals surface area (Å²) in [5, 5.41) is 0. The molecule has 0 aliphatic carbocycles. The number of amides is 1. The molecule has 40 heavy (non-hydrogen) atoms. The number of ether oxygens (including phenoxy) is 2. The molecule has 0 saturated carbocycles. The first-order valence-corrected chi connectivity index (χ1v) is 14.9. The summed E-state index contributed by atoms with van der Waals surface area (Å²) in [6, 6.07) is 21.9. The van der Waals surface area contributed by atoms with Crippen LogP contribution in [0.1, 0.15) is 19.4 Å². The van der Waals surface area contributed by atoms with Crippen LogP contribution in [-0.4, -0.2) is 73.5 Å². The zero-order valence-electron chi connectivity index (χ0n) is 23.1. The lowest BCUT2D eigenvalue weighted by molar-refractivity contribution is -0.135. The minimum atomic E-state index is 0.00864. The van der Waals surface area contributed by atoms with Gasteiger partial charge in [0.05, 0.1) is 24.0 Å². The molecule has 1 atom stereocenters. The number of nitrogen functional groups attached to an aromatic ring is 1. The molecule has 0 spiro atoms. The summed E-state index contributed by atoms with van der Waals surface area (Å²) in [4.78, 5) is 24.7. The summed E-state index contributed by atoms with van der Waals surface area (Å²) in [6.45, 7) is 8.40. The third-order valence-electron chi connectivity index (χ3n) is 7.45. The van der Waals surface area contributed by atoms with Crippen molar-refractivity contribution in [3.8, 4) is 11.5 Å². The third-order valence-corrected chi connectivity index (χ3v) is 8.17. The average Bonchev–Trinajstić information content (AvgIpc) is 3.16. The highest BCUT2D eigenvalue weighted by molar-refractivity contribution is 14.1. The number of nitrogens with zero attached hydrogens (tertiary/aromatic N) is 4. The van der Waals surface area contributed by atoms with E-state index in [1.165, 1.54) is 5.56 Å². The molecular formula is C31H36IN5O3. The molecule has 9 heteroatoms. The Morgan fingerprint density at radius 3 is 2.50 bits per heavy atom. The summed E-state index contributed by atoms with van der Waals surface area (Å²) in [5.41, 5.74) is 9.97. The zero-order valence-corrected chi connectivity index (χ0v) is 25.2. The van der Waals surface area contributed by atoms with E-state index in [0.717, 1.165) is 52.6 Å². The molecule has 0 aromatic heterocycles. The topological polar surface area (TPSA) is 83.6 Å². The lowest BCUT2D eigenvalue weighted by atomic mass is 10.1. The molecule has 2 aliphatic rings. The molecule has 1 fully saturated rings. The molecule has 0 radical (unpaired) electrons. The predicted molar refractivity (Wildman–Crippen MR) is 169 cm³/mol. The number of piperazine rings is 1. The van der Waals surface area contributed by atoms with Crippen LogP contribution < -0.4 is 20.1 Å². The molecule has 0 bridgehead atoms. The Kier molecular flexibility index (Phi) is 9.11. The number of hydrogen-bond acceptors (Lipinski definition) is 7. The smallest absolute Gasteiger partial charge is 0.260 e. The number of fused-ring (bicyclic) bond motifs is 1. The number of nitrogens with two attached hydrogens (primary N) is 1. The first kappa shape index (κ1) is 28.2. The number of anilines is 2. The minimum Gasteiger partial charge on any atom is -0.492 e. The SMILES string of the molecule is CCOc1ccccc1N1CCc2ccc(N)cc2N=C1C(C)N1CCN(C(=O)COc2ccc(I)cc2)CC1. The number of hydrogen-bond donors (Lipinski definition) is 1. The number of carbonyl (C=O) groups is 1. The molecule has 3 aromatic carbocycles. The second-order valence-electron chi connectivity index (χ2n) is 10.00. The van der Waals surface area contributed by atoms with Crippen LogP contribution in [0.2, 0.25) is 0 Å². The van der Waals surface area contributed by atoms with Gasteiger partial charge in [-0.15, -0.1) is 0 Å². The number of carbonyl (C=O) groups excluding carboxylic acids is 1. The Hall–Kier alpha value is -3.31. The maximum Gasteiger partial charge on any atom is 0.260 e. The van der Waals surface area contributed by atoms with Crippen molar-refractivity contribution in [2.24, 2.45) is 4.99 Å². The van der Waals surface area contributed by atoms with Crippen LogP contribution in [-0.2, 0) is 11.2 Å². The third kappa shape index (κ3) is 6.52. The van der Waals surface area contributed by atoms with Crippen molar-refractivity contribution in [1.82, 2.24) is 9.80 Å². The lowest BCUT2D eigenvalue weighted by Gasteiger charge is -2.40. The van der Waals surface area contributed by atoms with Crippen molar-refractivity contribution < 1.29 is 14.3 Å². The minimum absolute atomic E-state index is 0.00864. The first-order chi connectivity index (χ1) is 19.4. The van der Waals surface area contributed by atoms with Gasteiger partial charge >= 0.3 is 0 Å². The molecule has 2 heterocycles. The van der Waals surface area contributed by atoms with Gasteiger partial charge in [-0.3, -0.25) is 9.69 Å². The highest BCUT2D eigenvalue weighted by Crippen LogP contribution is 2.34.